The quantitative estimate of drug-likeness (QED) is 0.630. The Morgan fingerprint density at radius 3 is 2.46 bits per heavy atom. The van der Waals surface area contributed by atoms with E-state index in [1.54, 1.807) is 11.9 Å². The van der Waals surface area contributed by atoms with Crippen molar-refractivity contribution < 1.29 is 9.59 Å². The van der Waals surface area contributed by atoms with Crippen molar-refractivity contribution in [2.24, 2.45) is 16.8 Å². The number of rotatable bonds is 4. The fourth-order valence-corrected chi connectivity index (χ4v) is 5.48. The second kappa shape index (κ2) is 10.3. The van der Waals surface area contributed by atoms with E-state index in [2.05, 4.69) is 22.8 Å². The lowest BCUT2D eigenvalue weighted by atomic mass is 9.77. The SMILES string of the molecule is CN1C(=O)C(NC(=O)Nc2ccccc2-c2ccccc2)N=C(C2CCCCC2)C2C=CC=CC21. The van der Waals surface area contributed by atoms with Crippen molar-refractivity contribution in [2.75, 3.05) is 12.4 Å². The van der Waals surface area contributed by atoms with E-state index in [-0.39, 0.29) is 17.9 Å². The molecule has 2 N–H and O–H groups in total. The Kier molecular flexibility index (Phi) is 6.80. The van der Waals surface area contributed by atoms with Crippen LogP contribution in [-0.4, -0.2) is 41.8 Å². The minimum Gasteiger partial charge on any atom is -0.335 e. The molecule has 6 nitrogen and oxygen atoms in total. The molecular formula is C29H32N4O2. The Morgan fingerprint density at radius 2 is 1.66 bits per heavy atom. The number of hydrogen-bond donors (Lipinski definition) is 2. The number of benzene rings is 2. The molecule has 3 atom stereocenters. The van der Waals surface area contributed by atoms with Crippen molar-refractivity contribution in [1.82, 2.24) is 10.2 Å². The van der Waals surface area contributed by atoms with E-state index in [1.807, 2.05) is 66.7 Å². The maximum Gasteiger partial charge on any atom is 0.321 e. The predicted molar refractivity (Wildman–Crippen MR) is 140 cm³/mol. The van der Waals surface area contributed by atoms with Crippen LogP contribution < -0.4 is 10.6 Å². The molecule has 2 aliphatic carbocycles. The van der Waals surface area contributed by atoms with Crippen LogP contribution in [0.25, 0.3) is 11.1 Å². The van der Waals surface area contributed by atoms with Gasteiger partial charge in [-0.25, -0.2) is 4.79 Å². The number of amides is 3. The van der Waals surface area contributed by atoms with Crippen molar-refractivity contribution in [1.29, 1.82) is 0 Å². The highest BCUT2D eigenvalue weighted by atomic mass is 16.2. The summed E-state index contributed by atoms with van der Waals surface area (Å²) >= 11 is 0. The fourth-order valence-electron chi connectivity index (χ4n) is 5.48. The first-order valence-corrected chi connectivity index (χ1v) is 12.5. The summed E-state index contributed by atoms with van der Waals surface area (Å²) in [4.78, 5) is 33.2. The van der Waals surface area contributed by atoms with Crippen molar-refractivity contribution in [2.45, 2.75) is 44.3 Å². The lowest BCUT2D eigenvalue weighted by molar-refractivity contribution is -0.132. The smallest absolute Gasteiger partial charge is 0.321 e. The highest BCUT2D eigenvalue weighted by Crippen LogP contribution is 2.34. The summed E-state index contributed by atoms with van der Waals surface area (Å²) in [5.74, 6) is 0.195. The van der Waals surface area contributed by atoms with Crippen LogP contribution in [0.15, 0.2) is 83.9 Å². The lowest BCUT2D eigenvalue weighted by Gasteiger charge is -2.34. The van der Waals surface area contributed by atoms with Crippen molar-refractivity contribution >= 4 is 23.3 Å². The Labute approximate surface area is 206 Å². The first kappa shape index (κ1) is 23.1. The number of likely N-dealkylation sites (N-methyl/N-ethyl adjacent to an activating group) is 1. The normalized spacial score (nSPS) is 24.4. The number of nitrogens with zero attached hydrogens (tertiary/aromatic N) is 2. The second-order valence-corrected chi connectivity index (χ2v) is 9.54. The summed E-state index contributed by atoms with van der Waals surface area (Å²) in [7, 11) is 1.81. The van der Waals surface area contributed by atoms with Gasteiger partial charge in [0.25, 0.3) is 5.91 Å². The van der Waals surface area contributed by atoms with E-state index in [1.165, 1.54) is 19.3 Å². The highest BCUT2D eigenvalue weighted by molar-refractivity contribution is 6.00. The molecule has 0 saturated heterocycles. The molecule has 0 spiro atoms. The van der Waals surface area contributed by atoms with Gasteiger partial charge in [0.2, 0.25) is 6.17 Å². The molecule has 2 aromatic carbocycles. The lowest BCUT2D eigenvalue weighted by Crippen LogP contribution is -2.49. The fraction of sp³-hybridized carbons (Fsp3) is 0.345. The molecule has 1 fully saturated rings. The molecule has 3 aliphatic rings. The number of aliphatic imine (C=N–C) groups is 1. The average Bonchev–Trinajstić information content (AvgIpc) is 3.01. The van der Waals surface area contributed by atoms with Crippen molar-refractivity contribution in [3.8, 4) is 11.1 Å². The van der Waals surface area contributed by atoms with Crippen LogP contribution in [-0.2, 0) is 4.79 Å². The van der Waals surface area contributed by atoms with Gasteiger partial charge in [0, 0.05) is 24.2 Å². The first-order chi connectivity index (χ1) is 17.1. The van der Waals surface area contributed by atoms with Gasteiger partial charge >= 0.3 is 6.03 Å². The van der Waals surface area contributed by atoms with Crippen LogP contribution in [0.3, 0.4) is 0 Å². The monoisotopic (exact) mass is 468 g/mol. The third-order valence-corrected chi connectivity index (χ3v) is 7.31. The number of allylic oxidation sites excluding steroid dienone is 2. The van der Waals surface area contributed by atoms with Crippen LogP contribution >= 0.6 is 0 Å². The average molecular weight is 469 g/mol. The second-order valence-electron chi connectivity index (χ2n) is 9.54. The van der Waals surface area contributed by atoms with E-state index >= 15 is 0 Å². The maximum atomic E-state index is 13.4. The van der Waals surface area contributed by atoms with Crippen LogP contribution in [0, 0.1) is 11.8 Å². The molecule has 3 amide bonds. The molecule has 0 bridgehead atoms. The third-order valence-electron chi connectivity index (χ3n) is 7.31. The van der Waals surface area contributed by atoms with Gasteiger partial charge in [-0.2, -0.15) is 0 Å². The number of fused-ring (bicyclic) bond motifs is 1. The standard InChI is InChI=1S/C29H32N4O2/c1-33-25-19-11-9-17-23(25)26(21-14-6-3-7-15-21)31-27(28(33)34)32-29(35)30-24-18-10-8-16-22(24)20-12-4-2-5-13-20/h2,4-5,8-13,16-19,21,23,25,27H,3,6-7,14-15H2,1H3,(H2,30,32,35). The van der Waals surface area contributed by atoms with Gasteiger partial charge in [-0.1, -0.05) is 92.1 Å². The Morgan fingerprint density at radius 1 is 0.943 bits per heavy atom. The molecule has 0 aromatic heterocycles. The van der Waals surface area contributed by atoms with E-state index in [4.69, 9.17) is 4.99 Å². The molecule has 35 heavy (non-hydrogen) atoms. The van der Waals surface area contributed by atoms with Crippen LogP contribution in [0.4, 0.5) is 10.5 Å². The molecule has 6 heteroatoms. The van der Waals surface area contributed by atoms with Crippen LogP contribution in [0.2, 0.25) is 0 Å². The highest BCUT2D eigenvalue weighted by Gasteiger charge is 2.40. The number of urea groups is 1. The molecule has 2 aromatic rings. The summed E-state index contributed by atoms with van der Waals surface area (Å²) in [6.07, 6.45) is 13.1. The van der Waals surface area contributed by atoms with E-state index in [0.29, 0.717) is 11.6 Å². The van der Waals surface area contributed by atoms with Gasteiger partial charge in [-0.15, -0.1) is 0 Å². The summed E-state index contributed by atoms with van der Waals surface area (Å²) in [6.45, 7) is 0. The molecular weight excluding hydrogens is 436 g/mol. The summed E-state index contributed by atoms with van der Waals surface area (Å²) in [5, 5.41) is 5.82. The molecule has 1 heterocycles. The van der Waals surface area contributed by atoms with Crippen molar-refractivity contribution in [3.05, 3.63) is 78.9 Å². The maximum absolute atomic E-state index is 13.4. The predicted octanol–water partition coefficient (Wildman–Crippen LogP) is 5.41. The zero-order valence-electron chi connectivity index (χ0n) is 20.1. The van der Waals surface area contributed by atoms with Gasteiger partial charge in [0.15, 0.2) is 0 Å². The van der Waals surface area contributed by atoms with Crippen LogP contribution in [0.1, 0.15) is 32.1 Å². The molecule has 0 radical (unpaired) electrons. The third kappa shape index (κ3) is 4.92. The Balaban J connectivity index is 1.41. The summed E-state index contributed by atoms with van der Waals surface area (Å²) < 4.78 is 0. The Bertz CT molecular complexity index is 1160. The molecule has 1 aliphatic heterocycles. The number of hydrogen-bond acceptors (Lipinski definition) is 3. The molecule has 1 saturated carbocycles. The van der Waals surface area contributed by atoms with Gasteiger partial charge in [-0.05, 0) is 30.4 Å². The number of carbonyl (C=O) groups is 2. The zero-order chi connectivity index (χ0) is 24.2. The largest absolute Gasteiger partial charge is 0.335 e. The van der Waals surface area contributed by atoms with Gasteiger partial charge in [-0.3, -0.25) is 9.79 Å². The van der Waals surface area contributed by atoms with E-state index < -0.39 is 12.2 Å². The number of anilines is 1. The topological polar surface area (TPSA) is 73.8 Å². The minimum atomic E-state index is -0.951. The van der Waals surface area contributed by atoms with Gasteiger partial charge in [0.05, 0.1) is 11.7 Å². The van der Waals surface area contributed by atoms with Crippen molar-refractivity contribution in [3.63, 3.8) is 0 Å². The minimum absolute atomic E-state index is 0.0470. The Hall–Kier alpha value is -3.67. The summed E-state index contributed by atoms with van der Waals surface area (Å²) in [6, 6.07) is 17.0. The van der Waals surface area contributed by atoms with Gasteiger partial charge in [0.1, 0.15) is 0 Å². The van der Waals surface area contributed by atoms with Gasteiger partial charge < -0.3 is 15.5 Å². The summed E-state index contributed by atoms with van der Waals surface area (Å²) in [5.41, 5.74) is 3.65. The molecule has 180 valence electrons. The number of carbonyl (C=O) groups excluding carboxylic acids is 2. The van der Waals surface area contributed by atoms with Crippen LogP contribution in [0.5, 0.6) is 0 Å². The zero-order valence-corrected chi connectivity index (χ0v) is 20.1. The molecule has 3 unspecified atom stereocenters. The first-order valence-electron chi connectivity index (χ1n) is 12.5. The van der Waals surface area contributed by atoms with E-state index in [0.717, 1.165) is 29.7 Å². The number of nitrogens with one attached hydrogen (secondary N) is 2. The van der Waals surface area contributed by atoms with E-state index in [9.17, 15) is 9.59 Å². The number of para-hydroxylation sites is 1. The molecule has 5 rings (SSSR count).